The van der Waals surface area contributed by atoms with Crippen LogP contribution in [0.1, 0.15) is 30.0 Å². The van der Waals surface area contributed by atoms with E-state index < -0.39 is 0 Å². The van der Waals surface area contributed by atoms with Gasteiger partial charge in [-0.2, -0.15) is 0 Å². The maximum absolute atomic E-state index is 12.7. The van der Waals surface area contributed by atoms with Crippen molar-refractivity contribution in [3.8, 4) is 0 Å². The highest BCUT2D eigenvalue weighted by Gasteiger charge is 2.25. The molecule has 26 heavy (non-hydrogen) atoms. The van der Waals surface area contributed by atoms with Crippen molar-refractivity contribution in [3.63, 3.8) is 0 Å². The summed E-state index contributed by atoms with van der Waals surface area (Å²) in [4.78, 5) is 27.9. The Hall–Kier alpha value is -2.50. The van der Waals surface area contributed by atoms with Crippen molar-refractivity contribution in [2.45, 2.75) is 32.6 Å². The Labute approximate surface area is 152 Å². The highest BCUT2D eigenvalue weighted by molar-refractivity contribution is 5.88. The fourth-order valence-electron chi connectivity index (χ4n) is 3.91. The summed E-state index contributed by atoms with van der Waals surface area (Å²) >= 11 is 0. The molecule has 1 aliphatic carbocycles. The van der Waals surface area contributed by atoms with Crippen LogP contribution in [0.25, 0.3) is 11.0 Å². The molecule has 6 nitrogen and oxygen atoms in total. The fraction of sp³-hybridized carbons (Fsp3) is 0.500. The fourth-order valence-corrected chi connectivity index (χ4v) is 3.91. The number of benzene rings is 1. The van der Waals surface area contributed by atoms with Crippen LogP contribution in [0.5, 0.6) is 0 Å². The number of rotatable bonds is 3. The van der Waals surface area contributed by atoms with E-state index in [2.05, 4.69) is 12.1 Å². The van der Waals surface area contributed by atoms with Crippen LogP contribution in [-0.4, -0.2) is 54.6 Å². The highest BCUT2D eigenvalue weighted by atomic mass is 16.6. The standard InChI is InChI=1S/C20H24N2O4/c1-2-25-20(24)22-8-6-21(7-9-22)19(23)12-16-13-26-18-11-15-5-3-4-14(15)10-17(16)18/h10-11,13H,2-9,12H2,1H3. The van der Waals surface area contributed by atoms with E-state index in [0.717, 1.165) is 29.4 Å². The number of furan rings is 1. The summed E-state index contributed by atoms with van der Waals surface area (Å²) in [6.45, 7) is 4.29. The molecule has 1 fully saturated rings. The zero-order chi connectivity index (χ0) is 18.1. The van der Waals surface area contributed by atoms with Crippen molar-refractivity contribution in [1.82, 2.24) is 9.80 Å². The number of fused-ring (bicyclic) bond motifs is 2. The molecule has 1 aromatic carbocycles. The third kappa shape index (κ3) is 3.16. The number of ether oxygens (including phenoxy) is 1. The summed E-state index contributed by atoms with van der Waals surface area (Å²) < 4.78 is 10.7. The maximum atomic E-state index is 12.7. The lowest BCUT2D eigenvalue weighted by Gasteiger charge is -2.34. The van der Waals surface area contributed by atoms with E-state index in [9.17, 15) is 9.59 Å². The Kier molecular flexibility index (Phi) is 4.57. The van der Waals surface area contributed by atoms with Gasteiger partial charge in [0, 0.05) is 37.1 Å². The molecule has 0 radical (unpaired) electrons. The number of carbonyl (C=O) groups excluding carboxylic acids is 2. The average Bonchev–Trinajstić information content (AvgIpc) is 3.27. The Morgan fingerprint density at radius 3 is 2.50 bits per heavy atom. The molecule has 4 rings (SSSR count). The molecule has 0 saturated carbocycles. The van der Waals surface area contributed by atoms with Gasteiger partial charge in [0.05, 0.1) is 19.3 Å². The van der Waals surface area contributed by atoms with Gasteiger partial charge >= 0.3 is 6.09 Å². The smallest absolute Gasteiger partial charge is 0.409 e. The SMILES string of the molecule is CCOC(=O)N1CCN(C(=O)Cc2coc3cc4c(cc23)CCC4)CC1. The van der Waals surface area contributed by atoms with E-state index in [1.807, 2.05) is 4.90 Å². The monoisotopic (exact) mass is 356 g/mol. The van der Waals surface area contributed by atoms with E-state index in [4.69, 9.17) is 9.15 Å². The number of piperazine rings is 1. The summed E-state index contributed by atoms with van der Waals surface area (Å²) in [5.41, 5.74) is 4.59. The van der Waals surface area contributed by atoms with Crippen LogP contribution in [0, 0.1) is 0 Å². The van der Waals surface area contributed by atoms with Crippen molar-refractivity contribution in [2.24, 2.45) is 0 Å². The first kappa shape index (κ1) is 16.9. The Bertz CT molecular complexity index is 834. The second-order valence-corrected chi connectivity index (χ2v) is 6.98. The first-order valence-electron chi connectivity index (χ1n) is 9.37. The second-order valence-electron chi connectivity index (χ2n) is 6.98. The normalized spacial score (nSPS) is 16.8. The van der Waals surface area contributed by atoms with Gasteiger partial charge in [0.1, 0.15) is 5.58 Å². The van der Waals surface area contributed by atoms with Crippen molar-refractivity contribution < 1.29 is 18.7 Å². The van der Waals surface area contributed by atoms with Gasteiger partial charge in [0.15, 0.2) is 0 Å². The van der Waals surface area contributed by atoms with Gasteiger partial charge in [0.25, 0.3) is 0 Å². The van der Waals surface area contributed by atoms with Crippen LogP contribution in [-0.2, 0) is 28.8 Å². The maximum Gasteiger partial charge on any atom is 0.409 e. The predicted octanol–water partition coefficient (Wildman–Crippen LogP) is 2.76. The number of carbonyl (C=O) groups is 2. The third-order valence-electron chi connectivity index (χ3n) is 5.37. The van der Waals surface area contributed by atoms with Crippen LogP contribution in [0.2, 0.25) is 0 Å². The summed E-state index contributed by atoms with van der Waals surface area (Å²) in [6, 6.07) is 4.33. The minimum atomic E-state index is -0.297. The van der Waals surface area contributed by atoms with E-state index >= 15 is 0 Å². The number of nitrogens with zero attached hydrogens (tertiary/aromatic N) is 2. The van der Waals surface area contributed by atoms with Gasteiger partial charge in [-0.15, -0.1) is 0 Å². The summed E-state index contributed by atoms with van der Waals surface area (Å²) in [5, 5.41) is 1.06. The third-order valence-corrected chi connectivity index (χ3v) is 5.37. The molecule has 2 heterocycles. The molecule has 2 aromatic rings. The molecule has 0 bridgehead atoms. The lowest BCUT2D eigenvalue weighted by atomic mass is 10.0. The molecule has 138 valence electrons. The molecule has 6 heteroatoms. The first-order chi connectivity index (χ1) is 12.7. The summed E-state index contributed by atoms with van der Waals surface area (Å²) in [6.07, 6.45) is 5.18. The first-order valence-corrected chi connectivity index (χ1v) is 9.37. The minimum absolute atomic E-state index is 0.0803. The quantitative estimate of drug-likeness (QED) is 0.848. The summed E-state index contributed by atoms with van der Waals surface area (Å²) in [7, 11) is 0. The number of hydrogen-bond acceptors (Lipinski definition) is 4. The lowest BCUT2D eigenvalue weighted by Crippen LogP contribution is -2.51. The minimum Gasteiger partial charge on any atom is -0.464 e. The van der Waals surface area contributed by atoms with E-state index in [-0.39, 0.29) is 12.0 Å². The highest BCUT2D eigenvalue weighted by Crippen LogP contribution is 2.30. The van der Waals surface area contributed by atoms with Crippen LogP contribution < -0.4 is 0 Å². The zero-order valence-corrected chi connectivity index (χ0v) is 15.1. The Morgan fingerprint density at radius 1 is 1.08 bits per heavy atom. The molecular formula is C20H24N2O4. The Morgan fingerprint density at radius 2 is 1.77 bits per heavy atom. The van der Waals surface area contributed by atoms with Gasteiger partial charge in [-0.3, -0.25) is 4.79 Å². The van der Waals surface area contributed by atoms with Gasteiger partial charge < -0.3 is 19.0 Å². The zero-order valence-electron chi connectivity index (χ0n) is 15.1. The van der Waals surface area contributed by atoms with E-state index in [1.54, 1.807) is 18.1 Å². The van der Waals surface area contributed by atoms with Gasteiger partial charge in [-0.05, 0) is 49.4 Å². The van der Waals surface area contributed by atoms with E-state index in [1.165, 1.54) is 17.5 Å². The van der Waals surface area contributed by atoms with Gasteiger partial charge in [0.2, 0.25) is 5.91 Å². The molecule has 1 saturated heterocycles. The molecule has 0 atom stereocenters. The molecule has 0 N–H and O–H groups in total. The van der Waals surface area contributed by atoms with Crippen LogP contribution >= 0.6 is 0 Å². The largest absolute Gasteiger partial charge is 0.464 e. The molecule has 2 aliphatic rings. The molecule has 0 unspecified atom stereocenters. The number of amides is 2. The van der Waals surface area contributed by atoms with Crippen molar-refractivity contribution in [1.29, 1.82) is 0 Å². The van der Waals surface area contributed by atoms with Gasteiger partial charge in [-0.1, -0.05) is 0 Å². The summed E-state index contributed by atoms with van der Waals surface area (Å²) in [5.74, 6) is 0.0803. The van der Waals surface area contributed by atoms with E-state index in [0.29, 0.717) is 39.2 Å². The predicted molar refractivity (Wildman–Crippen MR) is 97.1 cm³/mol. The van der Waals surface area contributed by atoms with Crippen molar-refractivity contribution >= 4 is 23.0 Å². The van der Waals surface area contributed by atoms with Crippen molar-refractivity contribution in [3.05, 3.63) is 35.1 Å². The second kappa shape index (κ2) is 7.02. The topological polar surface area (TPSA) is 63.0 Å². The lowest BCUT2D eigenvalue weighted by molar-refractivity contribution is -0.132. The average molecular weight is 356 g/mol. The molecule has 1 aromatic heterocycles. The van der Waals surface area contributed by atoms with Crippen molar-refractivity contribution in [2.75, 3.05) is 32.8 Å². The molecule has 2 amide bonds. The van der Waals surface area contributed by atoms with Crippen LogP contribution in [0.4, 0.5) is 4.79 Å². The number of aryl methyl sites for hydroxylation is 2. The van der Waals surface area contributed by atoms with Crippen LogP contribution in [0.15, 0.2) is 22.8 Å². The number of hydrogen-bond donors (Lipinski definition) is 0. The Balaban J connectivity index is 1.41. The molecule has 1 aliphatic heterocycles. The van der Waals surface area contributed by atoms with Crippen LogP contribution in [0.3, 0.4) is 0 Å². The molecule has 0 spiro atoms. The molecular weight excluding hydrogens is 332 g/mol. The van der Waals surface area contributed by atoms with Gasteiger partial charge in [-0.25, -0.2) is 4.79 Å².